The molecule has 108 valence electrons. The average molecular weight is 275 g/mol. The van der Waals surface area contributed by atoms with Gasteiger partial charge in [-0.25, -0.2) is 0 Å². The maximum absolute atomic E-state index is 8.87. The first-order chi connectivity index (χ1) is 9.80. The van der Waals surface area contributed by atoms with Crippen LogP contribution in [0.3, 0.4) is 0 Å². The standard InChI is InChI=1S/C16H21NO3/c1-2-11-3-5-12(6-4-11)20-13-7-8-14-15(17-18)10-19-16(14)9-13/h7-9,11-12,18H,2-6,10H2,1H3. The summed E-state index contributed by atoms with van der Waals surface area (Å²) in [5, 5.41) is 12.1. The van der Waals surface area contributed by atoms with Crippen molar-refractivity contribution in [2.75, 3.05) is 6.61 Å². The smallest absolute Gasteiger partial charge is 0.134 e. The van der Waals surface area contributed by atoms with Gasteiger partial charge in [0.2, 0.25) is 0 Å². The molecule has 20 heavy (non-hydrogen) atoms. The van der Waals surface area contributed by atoms with Gasteiger partial charge in [0.1, 0.15) is 23.8 Å². The Bertz CT molecular complexity index is 504. The number of nitrogens with zero attached hydrogens (tertiary/aromatic N) is 1. The van der Waals surface area contributed by atoms with E-state index in [1.807, 2.05) is 18.2 Å². The maximum Gasteiger partial charge on any atom is 0.134 e. The lowest BCUT2D eigenvalue weighted by molar-refractivity contribution is 0.129. The summed E-state index contributed by atoms with van der Waals surface area (Å²) in [6.07, 6.45) is 6.42. The maximum atomic E-state index is 8.87. The normalized spacial score (nSPS) is 27.1. The van der Waals surface area contributed by atoms with Crippen LogP contribution in [0.25, 0.3) is 0 Å². The third kappa shape index (κ3) is 2.60. The summed E-state index contributed by atoms with van der Waals surface area (Å²) in [5.74, 6) is 2.47. The zero-order chi connectivity index (χ0) is 13.9. The van der Waals surface area contributed by atoms with Crippen LogP contribution < -0.4 is 9.47 Å². The molecule has 1 N–H and O–H groups in total. The molecular weight excluding hydrogens is 254 g/mol. The van der Waals surface area contributed by atoms with Gasteiger partial charge in [-0.15, -0.1) is 0 Å². The number of fused-ring (bicyclic) bond motifs is 1. The van der Waals surface area contributed by atoms with E-state index in [0.29, 0.717) is 18.4 Å². The summed E-state index contributed by atoms with van der Waals surface area (Å²) in [4.78, 5) is 0. The van der Waals surface area contributed by atoms with Crippen LogP contribution in [-0.4, -0.2) is 23.6 Å². The molecule has 1 aromatic rings. The van der Waals surface area contributed by atoms with Gasteiger partial charge < -0.3 is 14.7 Å². The number of oxime groups is 1. The van der Waals surface area contributed by atoms with E-state index in [9.17, 15) is 0 Å². The van der Waals surface area contributed by atoms with Gasteiger partial charge in [-0.3, -0.25) is 0 Å². The van der Waals surface area contributed by atoms with Gasteiger partial charge in [-0.1, -0.05) is 18.5 Å². The molecule has 4 heteroatoms. The van der Waals surface area contributed by atoms with Crippen molar-refractivity contribution in [2.45, 2.75) is 45.1 Å². The van der Waals surface area contributed by atoms with Crippen LogP contribution in [0.15, 0.2) is 23.4 Å². The van der Waals surface area contributed by atoms with Crippen molar-refractivity contribution in [3.05, 3.63) is 23.8 Å². The van der Waals surface area contributed by atoms with Crippen LogP contribution in [0.5, 0.6) is 11.5 Å². The minimum Gasteiger partial charge on any atom is -0.490 e. The number of ether oxygens (including phenoxy) is 2. The van der Waals surface area contributed by atoms with E-state index in [4.69, 9.17) is 14.7 Å². The molecule has 3 rings (SSSR count). The zero-order valence-electron chi connectivity index (χ0n) is 11.8. The quantitative estimate of drug-likeness (QED) is 0.677. The van der Waals surface area contributed by atoms with Crippen molar-refractivity contribution in [3.8, 4) is 11.5 Å². The van der Waals surface area contributed by atoms with E-state index in [-0.39, 0.29) is 0 Å². The summed E-state index contributed by atoms with van der Waals surface area (Å²) in [6, 6.07) is 5.74. The lowest BCUT2D eigenvalue weighted by Gasteiger charge is -2.28. The molecule has 1 heterocycles. The fourth-order valence-electron chi connectivity index (χ4n) is 3.09. The van der Waals surface area contributed by atoms with E-state index < -0.39 is 0 Å². The zero-order valence-corrected chi connectivity index (χ0v) is 11.8. The summed E-state index contributed by atoms with van der Waals surface area (Å²) >= 11 is 0. The SMILES string of the molecule is CCC1CCC(Oc2ccc3c(c2)OCC3=NO)CC1. The summed E-state index contributed by atoms with van der Waals surface area (Å²) in [5.41, 5.74) is 1.43. The number of benzene rings is 1. The van der Waals surface area contributed by atoms with Crippen LogP contribution in [-0.2, 0) is 0 Å². The molecule has 1 aliphatic heterocycles. The average Bonchev–Trinajstić information content (AvgIpc) is 2.90. The Morgan fingerprint density at radius 1 is 1.30 bits per heavy atom. The highest BCUT2D eigenvalue weighted by molar-refractivity contribution is 6.05. The Balaban J connectivity index is 1.65. The lowest BCUT2D eigenvalue weighted by Crippen LogP contribution is -2.23. The Labute approximate surface area is 119 Å². The van der Waals surface area contributed by atoms with Crippen LogP contribution in [0.2, 0.25) is 0 Å². The van der Waals surface area contributed by atoms with Crippen molar-refractivity contribution in [2.24, 2.45) is 11.1 Å². The topological polar surface area (TPSA) is 51.0 Å². The monoisotopic (exact) mass is 275 g/mol. The molecule has 0 radical (unpaired) electrons. The molecule has 2 aliphatic rings. The highest BCUT2D eigenvalue weighted by Gasteiger charge is 2.23. The van der Waals surface area contributed by atoms with Crippen molar-refractivity contribution in [1.82, 2.24) is 0 Å². The van der Waals surface area contributed by atoms with Gasteiger partial charge in [-0.2, -0.15) is 0 Å². The fraction of sp³-hybridized carbons (Fsp3) is 0.562. The first-order valence-electron chi connectivity index (χ1n) is 7.45. The van der Waals surface area contributed by atoms with E-state index >= 15 is 0 Å². The molecule has 0 bridgehead atoms. The Hall–Kier alpha value is -1.71. The van der Waals surface area contributed by atoms with Gasteiger partial charge in [0.05, 0.1) is 6.10 Å². The largest absolute Gasteiger partial charge is 0.490 e. The molecule has 4 nitrogen and oxygen atoms in total. The second-order valence-corrected chi connectivity index (χ2v) is 5.66. The van der Waals surface area contributed by atoms with Gasteiger partial charge in [0.25, 0.3) is 0 Å². The van der Waals surface area contributed by atoms with E-state index in [1.54, 1.807) is 0 Å². The van der Waals surface area contributed by atoms with Crippen LogP contribution in [0.1, 0.15) is 44.6 Å². The predicted octanol–water partition coefficient (Wildman–Crippen LogP) is 3.60. The van der Waals surface area contributed by atoms with Crippen molar-refractivity contribution in [1.29, 1.82) is 0 Å². The molecule has 0 amide bonds. The van der Waals surface area contributed by atoms with Crippen molar-refractivity contribution < 1.29 is 14.7 Å². The Morgan fingerprint density at radius 3 is 2.80 bits per heavy atom. The van der Waals surface area contributed by atoms with Gasteiger partial charge >= 0.3 is 0 Å². The molecule has 0 atom stereocenters. The second-order valence-electron chi connectivity index (χ2n) is 5.66. The summed E-state index contributed by atoms with van der Waals surface area (Å²) < 4.78 is 11.6. The van der Waals surface area contributed by atoms with Crippen LogP contribution in [0.4, 0.5) is 0 Å². The van der Waals surface area contributed by atoms with E-state index in [2.05, 4.69) is 12.1 Å². The van der Waals surface area contributed by atoms with E-state index in [0.717, 1.165) is 35.8 Å². The minimum absolute atomic E-state index is 0.322. The molecule has 0 aromatic heterocycles. The highest BCUT2D eigenvalue weighted by atomic mass is 16.5. The second kappa shape index (κ2) is 5.73. The molecule has 1 aromatic carbocycles. The molecular formula is C16H21NO3. The third-order valence-electron chi connectivity index (χ3n) is 4.42. The van der Waals surface area contributed by atoms with Crippen molar-refractivity contribution in [3.63, 3.8) is 0 Å². The fourth-order valence-corrected chi connectivity index (χ4v) is 3.09. The first kappa shape index (κ1) is 13.3. The van der Waals surface area contributed by atoms with E-state index in [1.165, 1.54) is 19.3 Å². The van der Waals surface area contributed by atoms with Gasteiger partial charge in [0, 0.05) is 11.6 Å². The number of hydrogen-bond acceptors (Lipinski definition) is 4. The molecule has 0 spiro atoms. The predicted molar refractivity (Wildman–Crippen MR) is 76.9 cm³/mol. The molecule has 1 fully saturated rings. The Kier molecular flexibility index (Phi) is 3.81. The first-order valence-corrected chi connectivity index (χ1v) is 7.45. The van der Waals surface area contributed by atoms with Crippen molar-refractivity contribution >= 4 is 5.71 Å². The minimum atomic E-state index is 0.322. The van der Waals surface area contributed by atoms with Gasteiger partial charge in [-0.05, 0) is 43.7 Å². The van der Waals surface area contributed by atoms with Crippen LogP contribution in [0, 0.1) is 5.92 Å². The highest BCUT2D eigenvalue weighted by Crippen LogP contribution is 2.33. The molecule has 1 saturated carbocycles. The van der Waals surface area contributed by atoms with Gasteiger partial charge in [0.15, 0.2) is 0 Å². The Morgan fingerprint density at radius 2 is 2.10 bits per heavy atom. The number of rotatable bonds is 3. The molecule has 1 aliphatic carbocycles. The van der Waals surface area contributed by atoms with Crippen LogP contribution >= 0.6 is 0 Å². The number of hydrogen-bond donors (Lipinski definition) is 1. The third-order valence-corrected chi connectivity index (χ3v) is 4.42. The molecule has 0 unspecified atom stereocenters. The molecule has 0 saturated heterocycles. The lowest BCUT2D eigenvalue weighted by atomic mass is 9.86. The summed E-state index contributed by atoms with van der Waals surface area (Å²) in [6.45, 7) is 2.60. The summed E-state index contributed by atoms with van der Waals surface area (Å²) in [7, 11) is 0.